The standard InChI is InChI=1S/C18H21NO3/c1-12-15(17(20)22-18(2,3)4)10-11-16(19-12)13-6-8-14(21-5)9-7-13/h6-11H,1-5H3. The summed E-state index contributed by atoms with van der Waals surface area (Å²) in [5.41, 5.74) is 2.42. The summed E-state index contributed by atoms with van der Waals surface area (Å²) in [5, 5.41) is 0. The monoisotopic (exact) mass is 299 g/mol. The molecule has 0 saturated heterocycles. The SMILES string of the molecule is COc1ccc(-c2ccc(C(=O)OC(C)(C)C)c(C)n2)cc1. The number of rotatable bonds is 3. The molecule has 1 aromatic heterocycles. The number of ether oxygens (including phenoxy) is 2. The molecule has 4 nitrogen and oxygen atoms in total. The summed E-state index contributed by atoms with van der Waals surface area (Å²) in [6, 6.07) is 11.2. The smallest absolute Gasteiger partial charge is 0.340 e. The van der Waals surface area contributed by atoms with Crippen molar-refractivity contribution < 1.29 is 14.3 Å². The maximum Gasteiger partial charge on any atom is 0.340 e. The van der Waals surface area contributed by atoms with Gasteiger partial charge < -0.3 is 9.47 Å². The fourth-order valence-electron chi connectivity index (χ4n) is 2.03. The van der Waals surface area contributed by atoms with E-state index in [1.165, 1.54) is 0 Å². The number of esters is 1. The maximum absolute atomic E-state index is 12.1. The number of carbonyl (C=O) groups is 1. The van der Waals surface area contributed by atoms with Crippen molar-refractivity contribution in [1.82, 2.24) is 4.98 Å². The molecule has 0 fully saturated rings. The van der Waals surface area contributed by atoms with Gasteiger partial charge in [-0.2, -0.15) is 0 Å². The topological polar surface area (TPSA) is 48.4 Å². The molecule has 0 radical (unpaired) electrons. The van der Waals surface area contributed by atoms with Gasteiger partial charge in [0.05, 0.1) is 24.1 Å². The summed E-state index contributed by atoms with van der Waals surface area (Å²) < 4.78 is 10.5. The third kappa shape index (κ3) is 3.85. The molecule has 0 aliphatic carbocycles. The molecular weight excluding hydrogens is 278 g/mol. The van der Waals surface area contributed by atoms with Crippen LogP contribution in [0, 0.1) is 6.92 Å². The number of hydrogen-bond donors (Lipinski definition) is 0. The van der Waals surface area contributed by atoms with Gasteiger partial charge in [0.1, 0.15) is 11.4 Å². The van der Waals surface area contributed by atoms with Crippen molar-refractivity contribution in [2.24, 2.45) is 0 Å². The van der Waals surface area contributed by atoms with Crippen LogP contribution in [0.15, 0.2) is 36.4 Å². The van der Waals surface area contributed by atoms with Gasteiger partial charge >= 0.3 is 5.97 Å². The zero-order chi connectivity index (χ0) is 16.3. The fraction of sp³-hybridized carbons (Fsp3) is 0.333. The molecule has 2 aromatic rings. The predicted molar refractivity (Wildman–Crippen MR) is 86.1 cm³/mol. The summed E-state index contributed by atoms with van der Waals surface area (Å²) in [5.74, 6) is 0.449. The molecule has 116 valence electrons. The Kier molecular flexibility index (Phi) is 4.50. The van der Waals surface area contributed by atoms with Crippen molar-refractivity contribution in [3.8, 4) is 17.0 Å². The number of benzene rings is 1. The molecule has 4 heteroatoms. The second kappa shape index (κ2) is 6.18. The van der Waals surface area contributed by atoms with E-state index in [4.69, 9.17) is 9.47 Å². The van der Waals surface area contributed by atoms with Gasteiger partial charge in [-0.05, 0) is 64.1 Å². The van der Waals surface area contributed by atoms with Gasteiger partial charge in [-0.25, -0.2) is 4.79 Å². The van der Waals surface area contributed by atoms with Crippen molar-refractivity contribution in [2.75, 3.05) is 7.11 Å². The number of pyridine rings is 1. The Bertz CT molecular complexity index is 670. The predicted octanol–water partition coefficient (Wildman–Crippen LogP) is 4.02. The normalized spacial score (nSPS) is 11.1. The van der Waals surface area contributed by atoms with Crippen LogP contribution in [-0.2, 0) is 4.74 Å². The molecule has 0 spiro atoms. The summed E-state index contributed by atoms with van der Waals surface area (Å²) in [6.45, 7) is 7.35. The van der Waals surface area contributed by atoms with Gasteiger partial charge in [-0.1, -0.05) is 0 Å². The second-order valence-corrected chi connectivity index (χ2v) is 6.06. The first-order chi connectivity index (χ1) is 10.3. The van der Waals surface area contributed by atoms with Gasteiger partial charge in [0.2, 0.25) is 0 Å². The third-order valence-electron chi connectivity index (χ3n) is 3.09. The molecule has 0 atom stereocenters. The van der Waals surface area contributed by atoms with Crippen LogP contribution >= 0.6 is 0 Å². The largest absolute Gasteiger partial charge is 0.497 e. The number of carbonyl (C=O) groups excluding carboxylic acids is 1. The lowest BCUT2D eigenvalue weighted by molar-refractivity contribution is 0.00683. The molecule has 0 unspecified atom stereocenters. The molecule has 0 N–H and O–H groups in total. The first-order valence-electron chi connectivity index (χ1n) is 7.15. The number of nitrogens with zero attached hydrogens (tertiary/aromatic N) is 1. The molecule has 0 amide bonds. The minimum absolute atomic E-state index is 0.348. The highest BCUT2D eigenvalue weighted by atomic mass is 16.6. The first-order valence-corrected chi connectivity index (χ1v) is 7.15. The fourth-order valence-corrected chi connectivity index (χ4v) is 2.03. The summed E-state index contributed by atoms with van der Waals surface area (Å²) in [7, 11) is 1.63. The van der Waals surface area contributed by atoms with Crippen LogP contribution in [0.2, 0.25) is 0 Å². The third-order valence-corrected chi connectivity index (χ3v) is 3.09. The Balaban J connectivity index is 2.27. The van der Waals surface area contributed by atoms with E-state index >= 15 is 0 Å². The number of aromatic nitrogens is 1. The Morgan fingerprint density at radius 2 is 1.68 bits per heavy atom. The number of hydrogen-bond acceptors (Lipinski definition) is 4. The summed E-state index contributed by atoms with van der Waals surface area (Å²) in [6.07, 6.45) is 0. The number of methoxy groups -OCH3 is 1. The minimum atomic E-state index is -0.516. The van der Waals surface area contributed by atoms with Crippen LogP contribution in [0.4, 0.5) is 0 Å². The van der Waals surface area contributed by atoms with Crippen LogP contribution in [0.1, 0.15) is 36.8 Å². The van der Waals surface area contributed by atoms with E-state index in [0.29, 0.717) is 11.3 Å². The molecule has 2 rings (SSSR count). The Labute approximate surface area is 131 Å². The van der Waals surface area contributed by atoms with Crippen molar-refractivity contribution in [2.45, 2.75) is 33.3 Å². The van der Waals surface area contributed by atoms with Gasteiger partial charge in [-0.15, -0.1) is 0 Å². The highest BCUT2D eigenvalue weighted by Gasteiger charge is 2.20. The average molecular weight is 299 g/mol. The molecular formula is C18H21NO3. The van der Waals surface area contributed by atoms with E-state index in [2.05, 4.69) is 4.98 Å². The van der Waals surface area contributed by atoms with E-state index in [1.807, 2.05) is 58.0 Å². The zero-order valence-electron chi connectivity index (χ0n) is 13.6. The summed E-state index contributed by atoms with van der Waals surface area (Å²) in [4.78, 5) is 16.6. The van der Waals surface area contributed by atoms with Crippen LogP contribution in [-0.4, -0.2) is 23.7 Å². The van der Waals surface area contributed by atoms with Crippen LogP contribution in [0.3, 0.4) is 0 Å². The van der Waals surface area contributed by atoms with Gasteiger partial charge in [-0.3, -0.25) is 4.98 Å². The van der Waals surface area contributed by atoms with Crippen LogP contribution < -0.4 is 4.74 Å². The first kappa shape index (κ1) is 16.0. The van der Waals surface area contributed by atoms with Crippen LogP contribution in [0.25, 0.3) is 11.3 Å². The Morgan fingerprint density at radius 3 is 2.18 bits per heavy atom. The van der Waals surface area contributed by atoms with Gasteiger partial charge in [0, 0.05) is 5.56 Å². The van der Waals surface area contributed by atoms with Crippen molar-refractivity contribution in [3.05, 3.63) is 47.7 Å². The molecule has 22 heavy (non-hydrogen) atoms. The maximum atomic E-state index is 12.1. The second-order valence-electron chi connectivity index (χ2n) is 6.06. The molecule has 0 bridgehead atoms. The van der Waals surface area contributed by atoms with E-state index in [1.54, 1.807) is 13.2 Å². The molecule has 0 aliphatic heterocycles. The van der Waals surface area contributed by atoms with E-state index < -0.39 is 5.60 Å². The molecule has 1 heterocycles. The molecule has 0 aliphatic rings. The highest BCUT2D eigenvalue weighted by molar-refractivity contribution is 5.91. The lowest BCUT2D eigenvalue weighted by Gasteiger charge is -2.20. The lowest BCUT2D eigenvalue weighted by atomic mass is 10.1. The zero-order valence-corrected chi connectivity index (χ0v) is 13.6. The molecule has 1 aromatic carbocycles. The average Bonchev–Trinajstić information content (AvgIpc) is 2.45. The minimum Gasteiger partial charge on any atom is -0.497 e. The number of aryl methyl sites for hydroxylation is 1. The van der Waals surface area contributed by atoms with Crippen molar-refractivity contribution in [1.29, 1.82) is 0 Å². The Hall–Kier alpha value is -2.36. The van der Waals surface area contributed by atoms with Crippen molar-refractivity contribution >= 4 is 5.97 Å². The van der Waals surface area contributed by atoms with Gasteiger partial charge in [0.15, 0.2) is 0 Å². The van der Waals surface area contributed by atoms with Gasteiger partial charge in [0.25, 0.3) is 0 Å². The highest BCUT2D eigenvalue weighted by Crippen LogP contribution is 2.23. The molecule has 0 saturated carbocycles. The quantitative estimate of drug-likeness (QED) is 0.803. The lowest BCUT2D eigenvalue weighted by Crippen LogP contribution is -2.24. The van der Waals surface area contributed by atoms with E-state index in [9.17, 15) is 4.79 Å². The summed E-state index contributed by atoms with van der Waals surface area (Å²) >= 11 is 0. The van der Waals surface area contributed by atoms with Crippen LogP contribution in [0.5, 0.6) is 5.75 Å². The van der Waals surface area contributed by atoms with E-state index in [-0.39, 0.29) is 5.97 Å². The van der Waals surface area contributed by atoms with Crippen molar-refractivity contribution in [3.63, 3.8) is 0 Å². The van der Waals surface area contributed by atoms with E-state index in [0.717, 1.165) is 17.0 Å². The Morgan fingerprint density at radius 1 is 1.05 bits per heavy atom.